The van der Waals surface area contributed by atoms with Crippen LogP contribution in [0.2, 0.25) is 0 Å². The summed E-state index contributed by atoms with van der Waals surface area (Å²) in [5.41, 5.74) is 15.1. The number of nitrogens with one attached hydrogen (secondary N) is 3. The van der Waals surface area contributed by atoms with E-state index in [-0.39, 0.29) is 65.7 Å². The Morgan fingerprint density at radius 1 is 0.768 bits per heavy atom. The number of aryl methyl sites for hydroxylation is 2. The predicted molar refractivity (Wildman–Crippen MR) is 218 cm³/mol. The predicted octanol–water partition coefficient (Wildman–Crippen LogP) is 6.34. The van der Waals surface area contributed by atoms with Crippen molar-refractivity contribution in [3.8, 4) is 0 Å². The van der Waals surface area contributed by atoms with Gasteiger partial charge >= 0.3 is 5.97 Å². The molecule has 4 aliphatic carbocycles. The molecule has 4 aliphatic rings. The lowest BCUT2D eigenvalue weighted by Gasteiger charge is -2.56. The number of esters is 1. The van der Waals surface area contributed by atoms with E-state index in [2.05, 4.69) is 48.0 Å². The molecule has 2 saturated carbocycles. The van der Waals surface area contributed by atoms with Gasteiger partial charge in [0.15, 0.2) is 0 Å². The molecular formula is C45H63N5O6. The number of benzene rings is 2. The normalized spacial score (nSPS) is 29.9. The van der Waals surface area contributed by atoms with Crippen molar-refractivity contribution < 1.29 is 28.7 Å². The van der Waals surface area contributed by atoms with Gasteiger partial charge in [-0.1, -0.05) is 52.7 Å². The molecule has 0 aromatic heterocycles. The van der Waals surface area contributed by atoms with Crippen LogP contribution in [0.5, 0.6) is 0 Å². The number of hydrogen-bond donors (Lipinski definition) is 5. The van der Waals surface area contributed by atoms with Crippen LogP contribution >= 0.6 is 0 Å². The van der Waals surface area contributed by atoms with Crippen LogP contribution in [0.15, 0.2) is 36.4 Å². The van der Waals surface area contributed by atoms with Gasteiger partial charge in [-0.3, -0.25) is 29.3 Å². The zero-order chi connectivity index (χ0) is 40.8. The van der Waals surface area contributed by atoms with Crippen molar-refractivity contribution in [3.63, 3.8) is 0 Å². The summed E-state index contributed by atoms with van der Waals surface area (Å²) in [5, 5.41) is 8.89. The summed E-state index contributed by atoms with van der Waals surface area (Å²) in [6.07, 6.45) is 8.38. The summed E-state index contributed by atoms with van der Waals surface area (Å²) in [6, 6.07) is 11.2. The van der Waals surface area contributed by atoms with Gasteiger partial charge in [0, 0.05) is 17.8 Å². The van der Waals surface area contributed by atoms with Crippen LogP contribution in [0.3, 0.4) is 0 Å². The molecule has 11 nitrogen and oxygen atoms in total. The maximum atomic E-state index is 14.6. The second-order valence-electron chi connectivity index (χ2n) is 19.1. The van der Waals surface area contributed by atoms with Gasteiger partial charge in [0.25, 0.3) is 0 Å². The fraction of sp³-hybridized carbons (Fsp3) is 0.622. The molecule has 2 fully saturated rings. The zero-order valence-corrected chi connectivity index (χ0v) is 34.5. The number of carbonyl (C=O) groups excluding carboxylic acids is 5. The number of nitrogens with two attached hydrogens (primary N) is 2. The second-order valence-corrected chi connectivity index (χ2v) is 19.1. The lowest BCUT2D eigenvalue weighted by atomic mass is 9.49. The van der Waals surface area contributed by atoms with Crippen molar-refractivity contribution >= 4 is 41.0 Å². The molecular weight excluding hydrogens is 707 g/mol. The van der Waals surface area contributed by atoms with E-state index >= 15 is 0 Å². The summed E-state index contributed by atoms with van der Waals surface area (Å²) < 4.78 is 5.37. The number of fused-ring (bicyclic) bond motifs is 6. The maximum Gasteiger partial charge on any atom is 0.306 e. The molecule has 6 rings (SSSR count). The van der Waals surface area contributed by atoms with Crippen molar-refractivity contribution in [2.75, 3.05) is 17.2 Å². The molecule has 0 radical (unpaired) electrons. The molecule has 304 valence electrons. The van der Waals surface area contributed by atoms with Crippen LogP contribution in [0.4, 0.5) is 11.4 Å². The fourth-order valence-electron chi connectivity index (χ4n) is 11.3. The molecule has 0 unspecified atom stereocenters. The molecule has 4 amide bonds. The van der Waals surface area contributed by atoms with E-state index < -0.39 is 28.4 Å². The number of rotatable bonds is 9. The Morgan fingerprint density at radius 3 is 1.71 bits per heavy atom. The first-order valence-corrected chi connectivity index (χ1v) is 20.6. The third kappa shape index (κ3) is 7.78. The smallest absolute Gasteiger partial charge is 0.306 e. The average Bonchev–Trinajstić information content (AvgIpc) is 3.13. The van der Waals surface area contributed by atoms with E-state index in [0.29, 0.717) is 24.2 Å². The lowest BCUT2D eigenvalue weighted by molar-refractivity contribution is -0.155. The van der Waals surface area contributed by atoms with Gasteiger partial charge in [0.2, 0.25) is 23.6 Å². The molecule has 2 aromatic rings. The number of imide groups is 1. The van der Waals surface area contributed by atoms with E-state index in [1.807, 2.05) is 32.0 Å². The van der Waals surface area contributed by atoms with Gasteiger partial charge in [-0.15, -0.1) is 0 Å². The van der Waals surface area contributed by atoms with Crippen molar-refractivity contribution in [2.24, 2.45) is 34.1 Å². The number of ether oxygens (including phenoxy) is 1. The van der Waals surface area contributed by atoms with Gasteiger partial charge in [0.05, 0.1) is 23.4 Å². The van der Waals surface area contributed by atoms with Crippen molar-refractivity contribution in [3.05, 3.63) is 58.7 Å². The minimum Gasteiger partial charge on any atom is -0.460 e. The third-order valence-electron chi connectivity index (χ3n) is 14.1. The lowest BCUT2D eigenvalue weighted by Crippen LogP contribution is -2.60. The molecule has 7 atom stereocenters. The summed E-state index contributed by atoms with van der Waals surface area (Å²) in [5.74, 6) is -1.39. The first kappa shape index (κ1) is 41.5. The number of hydrogen-bond acceptors (Lipinski definition) is 8. The van der Waals surface area contributed by atoms with Crippen LogP contribution in [0.1, 0.15) is 135 Å². The van der Waals surface area contributed by atoms with Crippen molar-refractivity contribution in [1.82, 2.24) is 5.32 Å². The third-order valence-corrected chi connectivity index (χ3v) is 14.1. The Hall–Kier alpha value is -4.09. The molecule has 11 heteroatoms. The van der Waals surface area contributed by atoms with Crippen LogP contribution in [-0.4, -0.2) is 47.8 Å². The largest absolute Gasteiger partial charge is 0.460 e. The van der Waals surface area contributed by atoms with E-state index in [9.17, 15) is 24.0 Å². The van der Waals surface area contributed by atoms with E-state index in [1.165, 1.54) is 16.7 Å². The first-order valence-electron chi connectivity index (χ1n) is 20.6. The monoisotopic (exact) mass is 769 g/mol. The Labute approximate surface area is 332 Å². The minimum absolute atomic E-state index is 0.0146. The Bertz CT molecular complexity index is 1900. The van der Waals surface area contributed by atoms with Crippen LogP contribution in [-0.2, 0) is 52.4 Å². The van der Waals surface area contributed by atoms with E-state index in [1.54, 1.807) is 20.8 Å². The average molecular weight is 770 g/mol. The van der Waals surface area contributed by atoms with Crippen molar-refractivity contribution in [1.29, 1.82) is 0 Å². The van der Waals surface area contributed by atoms with Crippen molar-refractivity contribution in [2.45, 2.75) is 148 Å². The molecule has 0 bridgehead atoms. The van der Waals surface area contributed by atoms with Crippen LogP contribution < -0.4 is 27.4 Å². The molecule has 7 N–H and O–H groups in total. The Kier molecular flexibility index (Phi) is 11.4. The SMILES string of the molecule is CC(C)(C)OC(=O)CC[C@H](N)C(=O)Nc1ccc2c(c1)[C@@]1(C)CCC[C@](C)(C(=O)NC(=O)[C@@]3(C)CCC[C@]4(C)c5cc(NC(=O)CN)ccc5CC[C@@H]34)[C@@H]1CC2. The highest BCUT2D eigenvalue weighted by Gasteiger charge is 2.58. The summed E-state index contributed by atoms with van der Waals surface area (Å²) >= 11 is 0. The Balaban J connectivity index is 1.17. The summed E-state index contributed by atoms with van der Waals surface area (Å²) in [6.45, 7) is 13.9. The molecule has 0 heterocycles. The fourth-order valence-corrected chi connectivity index (χ4v) is 11.3. The minimum atomic E-state index is -0.880. The summed E-state index contributed by atoms with van der Waals surface area (Å²) in [7, 11) is 0. The topological polar surface area (TPSA) is 183 Å². The zero-order valence-electron chi connectivity index (χ0n) is 34.5. The van der Waals surface area contributed by atoms with E-state index in [4.69, 9.17) is 16.2 Å². The molecule has 56 heavy (non-hydrogen) atoms. The van der Waals surface area contributed by atoms with E-state index in [0.717, 1.165) is 56.9 Å². The quantitative estimate of drug-likeness (QED) is 0.145. The van der Waals surface area contributed by atoms with Gasteiger partial charge in [0.1, 0.15) is 5.60 Å². The van der Waals surface area contributed by atoms with Gasteiger partial charge in [-0.2, -0.15) is 0 Å². The molecule has 0 saturated heterocycles. The Morgan fingerprint density at radius 2 is 1.25 bits per heavy atom. The number of anilines is 2. The standard InChI is InChI=1S/C45H63N5O6/c1-41(2,3)56-37(52)19-16-33(47)38(53)49-30-15-11-28-13-18-35-43(5,32(28)25-30)21-9-23-45(35,7)40(55)50-39(54)44(6)22-8-20-42(4)31-24-29(48-36(51)26-46)14-10-27(31)12-17-34(42)44/h10-11,14-15,24-25,33-35H,8-9,12-13,16-23,26,46-47H2,1-7H3,(H,48,51)(H,49,53)(H,50,54,55)/t33-,34+,35+,42+,43+,44-,45-/m0/s1. The molecule has 0 aliphatic heterocycles. The first-order chi connectivity index (χ1) is 26.2. The van der Waals surface area contributed by atoms with Crippen LogP contribution in [0.25, 0.3) is 0 Å². The second kappa shape index (κ2) is 15.3. The highest BCUT2D eigenvalue weighted by molar-refractivity contribution is 6.01. The highest BCUT2D eigenvalue weighted by atomic mass is 16.6. The number of carbonyl (C=O) groups is 5. The number of amides is 4. The van der Waals surface area contributed by atoms with Gasteiger partial charge in [-0.05, 0) is 148 Å². The van der Waals surface area contributed by atoms with Gasteiger partial charge < -0.3 is 26.8 Å². The summed E-state index contributed by atoms with van der Waals surface area (Å²) in [4.78, 5) is 66.7. The highest BCUT2D eigenvalue weighted by Crippen LogP contribution is 2.59. The molecule has 0 spiro atoms. The van der Waals surface area contributed by atoms with Crippen LogP contribution in [0, 0.1) is 22.7 Å². The molecule has 2 aromatic carbocycles. The van der Waals surface area contributed by atoms with Gasteiger partial charge in [-0.25, -0.2) is 0 Å². The maximum absolute atomic E-state index is 14.6.